The number of carbonyl (C=O) groups is 1. The second kappa shape index (κ2) is 5.60. The maximum absolute atomic E-state index is 11.9. The molecule has 1 aromatic heterocycles. The van der Waals surface area contributed by atoms with E-state index in [1.165, 1.54) is 0 Å². The van der Waals surface area contributed by atoms with Crippen molar-refractivity contribution in [2.24, 2.45) is 5.73 Å². The van der Waals surface area contributed by atoms with Crippen LogP contribution in [0.2, 0.25) is 0 Å². The number of hydrogen-bond acceptors (Lipinski definition) is 3. The van der Waals surface area contributed by atoms with Gasteiger partial charge >= 0.3 is 0 Å². The van der Waals surface area contributed by atoms with Crippen LogP contribution >= 0.6 is 15.9 Å². The van der Waals surface area contributed by atoms with E-state index in [1.54, 1.807) is 13.1 Å². The molecule has 0 bridgehead atoms. The summed E-state index contributed by atoms with van der Waals surface area (Å²) in [7, 11) is 0. The molecule has 0 saturated carbocycles. The standard InChI is InChI=1S/C12H18BrN3O/c1-4-5-12(3,14)11(17)16-9-6-8(2)10(13)15-7-9/h6-7H,4-5,14H2,1-3H3,(H,16,17). The van der Waals surface area contributed by atoms with Gasteiger partial charge in [-0.25, -0.2) is 4.98 Å². The first-order chi connectivity index (χ1) is 7.86. The van der Waals surface area contributed by atoms with Crippen molar-refractivity contribution in [3.63, 3.8) is 0 Å². The molecule has 0 saturated heterocycles. The van der Waals surface area contributed by atoms with Crippen molar-refractivity contribution >= 4 is 27.5 Å². The first-order valence-electron chi connectivity index (χ1n) is 5.59. The van der Waals surface area contributed by atoms with Crippen LogP contribution in [0.5, 0.6) is 0 Å². The molecule has 0 aliphatic heterocycles. The molecular weight excluding hydrogens is 282 g/mol. The lowest BCUT2D eigenvalue weighted by Gasteiger charge is -2.22. The number of rotatable bonds is 4. The van der Waals surface area contributed by atoms with E-state index in [-0.39, 0.29) is 5.91 Å². The number of nitrogens with two attached hydrogens (primary N) is 1. The quantitative estimate of drug-likeness (QED) is 0.840. The lowest BCUT2D eigenvalue weighted by molar-refractivity contribution is -0.120. The molecule has 1 atom stereocenters. The number of pyridine rings is 1. The SMILES string of the molecule is CCCC(C)(N)C(=O)Nc1cnc(Br)c(C)c1. The van der Waals surface area contributed by atoms with Gasteiger partial charge in [0.2, 0.25) is 5.91 Å². The predicted molar refractivity (Wildman–Crippen MR) is 72.8 cm³/mol. The maximum atomic E-state index is 11.9. The van der Waals surface area contributed by atoms with Crippen LogP contribution in [0.4, 0.5) is 5.69 Å². The normalized spacial score (nSPS) is 14.2. The van der Waals surface area contributed by atoms with Crippen molar-refractivity contribution in [1.29, 1.82) is 0 Å². The van der Waals surface area contributed by atoms with E-state index >= 15 is 0 Å². The Labute approximate surface area is 110 Å². The summed E-state index contributed by atoms with van der Waals surface area (Å²) < 4.78 is 0.777. The third-order valence-corrected chi connectivity index (χ3v) is 3.39. The summed E-state index contributed by atoms with van der Waals surface area (Å²) in [6.45, 7) is 5.66. The fourth-order valence-corrected chi connectivity index (χ4v) is 1.75. The third kappa shape index (κ3) is 3.78. The van der Waals surface area contributed by atoms with Crippen LogP contribution in [0.3, 0.4) is 0 Å². The van der Waals surface area contributed by atoms with Crippen LogP contribution in [0.1, 0.15) is 32.3 Å². The zero-order valence-corrected chi connectivity index (χ0v) is 12.0. The van der Waals surface area contributed by atoms with E-state index in [2.05, 4.69) is 26.2 Å². The molecule has 0 fully saturated rings. The summed E-state index contributed by atoms with van der Waals surface area (Å²) in [5.74, 6) is -0.178. The van der Waals surface area contributed by atoms with Gasteiger partial charge in [-0.15, -0.1) is 0 Å². The topological polar surface area (TPSA) is 68.0 Å². The average Bonchev–Trinajstić information content (AvgIpc) is 2.23. The lowest BCUT2D eigenvalue weighted by Crippen LogP contribution is -2.48. The highest BCUT2D eigenvalue weighted by molar-refractivity contribution is 9.10. The first kappa shape index (κ1) is 14.1. The van der Waals surface area contributed by atoms with Crippen molar-refractivity contribution < 1.29 is 4.79 Å². The highest BCUT2D eigenvalue weighted by Crippen LogP contribution is 2.18. The molecule has 5 heteroatoms. The van der Waals surface area contributed by atoms with Crippen molar-refractivity contribution in [2.45, 2.75) is 39.2 Å². The first-order valence-corrected chi connectivity index (χ1v) is 6.38. The minimum atomic E-state index is -0.838. The number of amides is 1. The number of aromatic nitrogens is 1. The Hall–Kier alpha value is -0.940. The van der Waals surface area contributed by atoms with Gasteiger partial charge in [0.05, 0.1) is 17.4 Å². The summed E-state index contributed by atoms with van der Waals surface area (Å²) in [5, 5.41) is 2.79. The Kier molecular flexibility index (Phi) is 4.65. The summed E-state index contributed by atoms with van der Waals surface area (Å²) in [4.78, 5) is 16.1. The summed E-state index contributed by atoms with van der Waals surface area (Å²) in [6.07, 6.45) is 3.14. The molecule has 1 unspecified atom stereocenters. The van der Waals surface area contributed by atoms with E-state index in [0.29, 0.717) is 12.1 Å². The molecule has 0 spiro atoms. The van der Waals surface area contributed by atoms with Crippen LogP contribution in [0, 0.1) is 6.92 Å². The van der Waals surface area contributed by atoms with Crippen LogP contribution in [0.25, 0.3) is 0 Å². The van der Waals surface area contributed by atoms with Gasteiger partial charge in [0, 0.05) is 0 Å². The molecule has 4 nitrogen and oxygen atoms in total. The molecule has 0 radical (unpaired) electrons. The van der Waals surface area contributed by atoms with E-state index < -0.39 is 5.54 Å². The minimum absolute atomic E-state index is 0.178. The van der Waals surface area contributed by atoms with Gasteiger partial charge < -0.3 is 11.1 Å². The van der Waals surface area contributed by atoms with E-state index in [9.17, 15) is 4.79 Å². The number of carbonyl (C=O) groups excluding carboxylic acids is 1. The van der Waals surface area contributed by atoms with Crippen molar-refractivity contribution in [3.05, 3.63) is 22.4 Å². The van der Waals surface area contributed by atoms with Crippen molar-refractivity contribution in [2.75, 3.05) is 5.32 Å². The molecule has 1 rings (SSSR count). The molecule has 94 valence electrons. The average molecular weight is 300 g/mol. The summed E-state index contributed by atoms with van der Waals surface area (Å²) in [5.41, 5.74) is 6.75. The summed E-state index contributed by atoms with van der Waals surface area (Å²) in [6, 6.07) is 1.86. The molecule has 0 aromatic carbocycles. The predicted octanol–water partition coefficient (Wildman–Crippen LogP) is 2.61. The van der Waals surface area contributed by atoms with Gasteiger partial charge in [-0.3, -0.25) is 4.79 Å². The van der Waals surface area contributed by atoms with Gasteiger partial charge in [-0.2, -0.15) is 0 Å². The molecule has 17 heavy (non-hydrogen) atoms. The molecule has 1 heterocycles. The minimum Gasteiger partial charge on any atom is -0.323 e. The number of aryl methyl sites for hydroxylation is 1. The second-order valence-corrected chi connectivity index (χ2v) is 5.20. The van der Waals surface area contributed by atoms with Crippen molar-refractivity contribution in [3.8, 4) is 0 Å². The molecular formula is C12H18BrN3O. The lowest BCUT2D eigenvalue weighted by atomic mass is 9.96. The smallest absolute Gasteiger partial charge is 0.244 e. The Morgan fingerprint density at radius 3 is 2.82 bits per heavy atom. The number of hydrogen-bond donors (Lipinski definition) is 2. The molecule has 3 N–H and O–H groups in total. The fraction of sp³-hybridized carbons (Fsp3) is 0.500. The third-order valence-electron chi connectivity index (χ3n) is 2.56. The number of anilines is 1. The zero-order valence-electron chi connectivity index (χ0n) is 10.4. The zero-order chi connectivity index (χ0) is 13.1. The highest BCUT2D eigenvalue weighted by Gasteiger charge is 2.27. The number of halogens is 1. The van der Waals surface area contributed by atoms with Crippen LogP contribution in [-0.2, 0) is 4.79 Å². The van der Waals surface area contributed by atoms with Crippen LogP contribution < -0.4 is 11.1 Å². The van der Waals surface area contributed by atoms with E-state index in [0.717, 1.165) is 16.6 Å². The Balaban J connectivity index is 2.77. The van der Waals surface area contributed by atoms with Crippen molar-refractivity contribution in [1.82, 2.24) is 4.98 Å². The van der Waals surface area contributed by atoms with Gasteiger partial charge in [-0.05, 0) is 47.8 Å². The largest absolute Gasteiger partial charge is 0.323 e. The second-order valence-electron chi connectivity index (χ2n) is 4.45. The van der Waals surface area contributed by atoms with Gasteiger partial charge in [-0.1, -0.05) is 13.3 Å². The monoisotopic (exact) mass is 299 g/mol. The number of nitrogens with zero attached hydrogens (tertiary/aromatic N) is 1. The Morgan fingerprint density at radius 2 is 2.29 bits per heavy atom. The molecule has 1 amide bonds. The highest BCUT2D eigenvalue weighted by atomic mass is 79.9. The fourth-order valence-electron chi connectivity index (χ4n) is 1.53. The van der Waals surface area contributed by atoms with Crippen LogP contribution in [-0.4, -0.2) is 16.4 Å². The van der Waals surface area contributed by atoms with E-state index in [1.807, 2.05) is 19.9 Å². The van der Waals surface area contributed by atoms with Gasteiger partial charge in [0.1, 0.15) is 4.60 Å². The molecule has 0 aliphatic rings. The Morgan fingerprint density at radius 1 is 1.65 bits per heavy atom. The van der Waals surface area contributed by atoms with E-state index in [4.69, 9.17) is 5.73 Å². The molecule has 0 aliphatic carbocycles. The van der Waals surface area contributed by atoms with Gasteiger partial charge in [0.25, 0.3) is 0 Å². The van der Waals surface area contributed by atoms with Gasteiger partial charge in [0.15, 0.2) is 0 Å². The molecule has 1 aromatic rings. The Bertz CT molecular complexity index is 418. The summed E-state index contributed by atoms with van der Waals surface area (Å²) >= 11 is 3.31. The van der Waals surface area contributed by atoms with Crippen LogP contribution in [0.15, 0.2) is 16.9 Å². The maximum Gasteiger partial charge on any atom is 0.244 e. The number of nitrogens with one attached hydrogen (secondary N) is 1.